The average molecular weight is 379 g/mol. The molecule has 1 fully saturated rings. The number of nitrogens with one attached hydrogen (secondary N) is 1. The maximum Gasteiger partial charge on any atom is 0.120 e. The van der Waals surface area contributed by atoms with Gasteiger partial charge in [0.25, 0.3) is 0 Å². The molecule has 2 aromatic carbocycles. The summed E-state index contributed by atoms with van der Waals surface area (Å²) in [6.45, 7) is 3.56. The van der Waals surface area contributed by atoms with Crippen molar-refractivity contribution in [2.45, 2.75) is 12.3 Å². The Bertz CT molecular complexity index is 824. The summed E-state index contributed by atoms with van der Waals surface area (Å²) >= 11 is 0. The van der Waals surface area contributed by atoms with E-state index < -0.39 is 0 Å². The molecule has 6 heteroatoms. The quantitative estimate of drug-likeness (QED) is 0.708. The topological polar surface area (TPSA) is 74.6 Å². The van der Waals surface area contributed by atoms with Gasteiger partial charge in [0.1, 0.15) is 6.29 Å². The summed E-state index contributed by atoms with van der Waals surface area (Å²) in [6.07, 6.45) is 1.36. The third-order valence-corrected chi connectivity index (χ3v) is 4.89. The molecule has 0 radical (unpaired) electrons. The number of aldehydes is 1. The van der Waals surface area contributed by atoms with E-state index in [1.165, 1.54) is 0 Å². The summed E-state index contributed by atoms with van der Waals surface area (Å²) in [4.78, 5) is 13.4. The first-order valence-corrected chi connectivity index (χ1v) is 9.41. The van der Waals surface area contributed by atoms with Crippen LogP contribution in [0.1, 0.15) is 23.5 Å². The van der Waals surface area contributed by atoms with Gasteiger partial charge >= 0.3 is 0 Å². The van der Waals surface area contributed by atoms with Crippen molar-refractivity contribution in [3.8, 4) is 6.07 Å². The van der Waals surface area contributed by atoms with Crippen LogP contribution >= 0.6 is 0 Å². The van der Waals surface area contributed by atoms with Crippen molar-refractivity contribution in [1.29, 1.82) is 5.26 Å². The number of rotatable bonds is 8. The average Bonchev–Trinajstić information content (AvgIpc) is 2.75. The summed E-state index contributed by atoms with van der Waals surface area (Å²) in [6, 6.07) is 15.8. The van der Waals surface area contributed by atoms with Crippen LogP contribution in [0.4, 0.5) is 17.1 Å². The minimum absolute atomic E-state index is 0.0164. The predicted octanol–water partition coefficient (Wildman–Crippen LogP) is 3.46. The molecule has 0 spiro atoms. The SMILES string of the molecule is COCC(CC=O)c1ccc(N2CCOCC2)c(Nc2ccc(C#N)cc2)c1. The second-order valence-corrected chi connectivity index (χ2v) is 6.74. The highest BCUT2D eigenvalue weighted by Crippen LogP contribution is 2.33. The molecule has 0 aliphatic carbocycles. The van der Waals surface area contributed by atoms with Crippen LogP contribution in [0.2, 0.25) is 0 Å². The highest BCUT2D eigenvalue weighted by molar-refractivity contribution is 5.76. The molecular weight excluding hydrogens is 354 g/mol. The van der Waals surface area contributed by atoms with E-state index in [1.54, 1.807) is 19.2 Å². The van der Waals surface area contributed by atoms with Gasteiger partial charge in [-0.25, -0.2) is 0 Å². The number of morpholine rings is 1. The van der Waals surface area contributed by atoms with Gasteiger partial charge in [0.2, 0.25) is 0 Å². The van der Waals surface area contributed by atoms with Crippen LogP contribution in [0, 0.1) is 11.3 Å². The molecular formula is C22H25N3O3. The van der Waals surface area contributed by atoms with Gasteiger partial charge in [-0.15, -0.1) is 0 Å². The summed E-state index contributed by atoms with van der Waals surface area (Å²) in [5, 5.41) is 12.5. The zero-order valence-electron chi connectivity index (χ0n) is 16.1. The monoisotopic (exact) mass is 379 g/mol. The number of ether oxygens (including phenoxy) is 2. The third-order valence-electron chi connectivity index (χ3n) is 4.89. The van der Waals surface area contributed by atoms with Gasteiger partial charge in [-0.3, -0.25) is 0 Å². The number of carbonyl (C=O) groups excluding carboxylic acids is 1. The van der Waals surface area contributed by atoms with Crippen molar-refractivity contribution < 1.29 is 14.3 Å². The van der Waals surface area contributed by atoms with E-state index in [4.69, 9.17) is 14.7 Å². The van der Waals surface area contributed by atoms with E-state index in [9.17, 15) is 4.79 Å². The van der Waals surface area contributed by atoms with Crippen LogP contribution in [-0.4, -0.2) is 46.3 Å². The zero-order valence-corrected chi connectivity index (χ0v) is 16.1. The fraction of sp³-hybridized carbons (Fsp3) is 0.364. The molecule has 3 rings (SSSR count). The van der Waals surface area contributed by atoms with Gasteiger partial charge in [-0.2, -0.15) is 5.26 Å². The second-order valence-electron chi connectivity index (χ2n) is 6.74. The summed E-state index contributed by atoms with van der Waals surface area (Å²) in [5.74, 6) is 0.0164. The van der Waals surface area contributed by atoms with Crippen molar-refractivity contribution in [3.63, 3.8) is 0 Å². The van der Waals surface area contributed by atoms with E-state index in [1.807, 2.05) is 12.1 Å². The molecule has 28 heavy (non-hydrogen) atoms. The summed E-state index contributed by atoms with van der Waals surface area (Å²) in [7, 11) is 1.65. The molecule has 146 valence electrons. The Morgan fingerprint density at radius 1 is 1.25 bits per heavy atom. The van der Waals surface area contributed by atoms with E-state index >= 15 is 0 Å². The molecule has 0 bridgehead atoms. The van der Waals surface area contributed by atoms with Crippen LogP contribution in [0.25, 0.3) is 0 Å². The second kappa shape index (κ2) is 9.88. The van der Waals surface area contributed by atoms with Gasteiger partial charge in [-0.1, -0.05) is 6.07 Å². The highest BCUT2D eigenvalue weighted by Gasteiger charge is 2.18. The van der Waals surface area contributed by atoms with Gasteiger partial charge in [0.15, 0.2) is 0 Å². The molecule has 1 heterocycles. The molecule has 2 aromatic rings. The summed E-state index contributed by atoms with van der Waals surface area (Å²) < 4.78 is 10.8. The van der Waals surface area contributed by atoms with Crippen LogP contribution in [-0.2, 0) is 14.3 Å². The number of anilines is 3. The van der Waals surface area contributed by atoms with E-state index in [0.29, 0.717) is 31.8 Å². The van der Waals surface area contributed by atoms with Crippen molar-refractivity contribution in [3.05, 3.63) is 53.6 Å². The number of benzene rings is 2. The smallest absolute Gasteiger partial charge is 0.120 e. The fourth-order valence-electron chi connectivity index (χ4n) is 3.39. The molecule has 0 aromatic heterocycles. The Labute approximate surface area is 165 Å². The molecule has 0 saturated carbocycles. The lowest BCUT2D eigenvalue weighted by Crippen LogP contribution is -2.36. The molecule has 1 atom stereocenters. The Morgan fingerprint density at radius 3 is 2.64 bits per heavy atom. The lowest BCUT2D eigenvalue weighted by molar-refractivity contribution is -0.108. The predicted molar refractivity (Wildman–Crippen MR) is 109 cm³/mol. The lowest BCUT2D eigenvalue weighted by Gasteiger charge is -2.31. The van der Waals surface area contributed by atoms with Gasteiger partial charge in [0, 0.05) is 38.2 Å². The van der Waals surface area contributed by atoms with Crippen molar-refractivity contribution >= 4 is 23.3 Å². The maximum absolute atomic E-state index is 11.1. The van der Waals surface area contributed by atoms with Crippen molar-refractivity contribution in [1.82, 2.24) is 0 Å². The molecule has 1 saturated heterocycles. The molecule has 1 aliphatic heterocycles. The molecule has 0 amide bonds. The van der Waals surface area contributed by atoms with Crippen molar-refractivity contribution in [2.24, 2.45) is 0 Å². The van der Waals surface area contributed by atoms with Crippen LogP contribution < -0.4 is 10.2 Å². The largest absolute Gasteiger partial charge is 0.384 e. The minimum Gasteiger partial charge on any atom is -0.384 e. The Kier molecular flexibility index (Phi) is 7.01. The normalized spacial score (nSPS) is 14.9. The number of nitrogens with zero attached hydrogens (tertiary/aromatic N) is 2. The standard InChI is InChI=1S/C22H25N3O3/c1-27-16-19(8-11-26)18-4-7-22(25-9-12-28-13-10-25)21(14-18)24-20-5-2-17(15-23)3-6-20/h2-7,11,14,19,24H,8-10,12-13,16H2,1H3. The zero-order chi connectivity index (χ0) is 19.8. The molecule has 1 N–H and O–H groups in total. The number of hydrogen-bond donors (Lipinski definition) is 1. The maximum atomic E-state index is 11.1. The van der Waals surface area contributed by atoms with Crippen LogP contribution in [0.5, 0.6) is 0 Å². The molecule has 1 unspecified atom stereocenters. The highest BCUT2D eigenvalue weighted by atomic mass is 16.5. The Hall–Kier alpha value is -2.88. The number of nitriles is 1. The molecule has 1 aliphatic rings. The first-order valence-electron chi connectivity index (χ1n) is 9.41. The minimum atomic E-state index is 0.0164. The van der Waals surface area contributed by atoms with E-state index in [-0.39, 0.29) is 5.92 Å². The lowest BCUT2D eigenvalue weighted by atomic mass is 9.96. The van der Waals surface area contributed by atoms with Gasteiger partial charge < -0.3 is 24.5 Å². The number of carbonyl (C=O) groups is 1. The van der Waals surface area contributed by atoms with Crippen LogP contribution in [0.15, 0.2) is 42.5 Å². The van der Waals surface area contributed by atoms with E-state index in [2.05, 4.69) is 34.5 Å². The first-order chi connectivity index (χ1) is 13.7. The first kappa shape index (κ1) is 19.9. The van der Waals surface area contributed by atoms with E-state index in [0.717, 1.165) is 42.0 Å². The number of methoxy groups -OCH3 is 1. The fourth-order valence-corrected chi connectivity index (χ4v) is 3.39. The summed E-state index contributed by atoms with van der Waals surface area (Å²) in [5.41, 5.74) is 4.65. The molecule has 6 nitrogen and oxygen atoms in total. The Morgan fingerprint density at radius 2 is 2.00 bits per heavy atom. The number of hydrogen-bond acceptors (Lipinski definition) is 6. The van der Waals surface area contributed by atoms with Gasteiger partial charge in [0.05, 0.1) is 42.8 Å². The Balaban J connectivity index is 1.94. The van der Waals surface area contributed by atoms with Gasteiger partial charge in [-0.05, 0) is 42.0 Å². The third kappa shape index (κ3) is 4.89. The van der Waals surface area contributed by atoms with Crippen molar-refractivity contribution in [2.75, 3.05) is 50.2 Å². The van der Waals surface area contributed by atoms with Crippen LogP contribution in [0.3, 0.4) is 0 Å².